The average Bonchev–Trinajstić information content (AvgIpc) is 2.53. The highest BCUT2D eigenvalue weighted by molar-refractivity contribution is 7.88. The first kappa shape index (κ1) is 17.7. The van der Waals surface area contributed by atoms with Crippen LogP contribution in [0.5, 0.6) is 0 Å². The quantitative estimate of drug-likeness (QED) is 0.703. The summed E-state index contributed by atoms with van der Waals surface area (Å²) in [4.78, 5) is 13.4. The molecular formula is C20H25O2P. The molecule has 0 saturated carbocycles. The lowest BCUT2D eigenvalue weighted by atomic mass is 10.0. The fourth-order valence-corrected chi connectivity index (χ4v) is 6.12. The minimum absolute atomic E-state index is 0.169. The zero-order valence-corrected chi connectivity index (χ0v) is 15.5. The van der Waals surface area contributed by atoms with E-state index in [-0.39, 0.29) is 11.2 Å². The number of hydrogen-bond donors (Lipinski definition) is 0. The molecule has 0 aliphatic carbocycles. The van der Waals surface area contributed by atoms with E-state index in [0.29, 0.717) is 17.3 Å². The van der Waals surface area contributed by atoms with E-state index in [0.717, 1.165) is 16.7 Å². The topological polar surface area (TPSA) is 34.1 Å². The second kappa shape index (κ2) is 6.84. The first-order valence-electron chi connectivity index (χ1n) is 8.10. The Balaban J connectivity index is 2.67. The summed E-state index contributed by atoms with van der Waals surface area (Å²) in [6.07, 6.45) is 0.710. The Hall–Kier alpha value is -1.66. The summed E-state index contributed by atoms with van der Waals surface area (Å²) in [5, 5.41) is 0.665. The fourth-order valence-electron chi connectivity index (χ4n) is 3.16. The maximum absolute atomic E-state index is 13.9. The molecule has 2 unspecified atom stereocenters. The molecule has 0 N–H and O–H groups in total. The molecule has 0 aromatic heterocycles. The average molecular weight is 328 g/mol. The van der Waals surface area contributed by atoms with Crippen LogP contribution in [0.2, 0.25) is 0 Å². The number of rotatable bonds is 5. The van der Waals surface area contributed by atoms with Crippen LogP contribution in [0.3, 0.4) is 0 Å². The van der Waals surface area contributed by atoms with Crippen LogP contribution in [0, 0.1) is 20.8 Å². The van der Waals surface area contributed by atoms with Crippen molar-refractivity contribution in [2.45, 2.75) is 46.7 Å². The van der Waals surface area contributed by atoms with Crippen molar-refractivity contribution < 1.29 is 9.36 Å². The lowest BCUT2D eigenvalue weighted by molar-refractivity contribution is 0.107. The summed E-state index contributed by atoms with van der Waals surface area (Å²) < 4.78 is 13.9. The van der Waals surface area contributed by atoms with Gasteiger partial charge in [-0.2, -0.15) is 0 Å². The molecule has 2 atom stereocenters. The number of carbonyl (C=O) groups excluding carboxylic acids is 1. The first-order chi connectivity index (χ1) is 10.8. The molecule has 0 spiro atoms. The minimum atomic E-state index is -3.18. The second-order valence-corrected chi connectivity index (χ2v) is 9.45. The Bertz CT molecular complexity index is 739. The third-order valence-electron chi connectivity index (χ3n) is 4.54. The highest BCUT2D eigenvalue weighted by atomic mass is 31.2. The second-order valence-electron chi connectivity index (χ2n) is 6.33. The van der Waals surface area contributed by atoms with Gasteiger partial charge in [0.15, 0.2) is 7.14 Å². The van der Waals surface area contributed by atoms with Gasteiger partial charge in [0.05, 0.1) is 0 Å². The largest absolute Gasteiger partial charge is 0.310 e. The summed E-state index contributed by atoms with van der Waals surface area (Å²) in [6.45, 7) is 9.78. The Morgan fingerprint density at radius 2 is 1.57 bits per heavy atom. The molecule has 2 aromatic rings. The number of aryl methyl sites for hydroxylation is 3. The predicted molar refractivity (Wildman–Crippen MR) is 98.4 cm³/mol. The maximum atomic E-state index is 13.9. The normalized spacial score (nSPS) is 15.0. The van der Waals surface area contributed by atoms with Crippen LogP contribution in [0.4, 0.5) is 0 Å². The molecular weight excluding hydrogens is 303 g/mol. The summed E-state index contributed by atoms with van der Waals surface area (Å²) in [6, 6.07) is 13.2. The molecule has 3 heteroatoms. The van der Waals surface area contributed by atoms with Gasteiger partial charge in [-0.25, -0.2) is 0 Å². The molecule has 0 heterocycles. The molecule has 2 rings (SSSR count). The van der Waals surface area contributed by atoms with Crippen LogP contribution >= 0.6 is 7.14 Å². The van der Waals surface area contributed by atoms with Gasteiger partial charge in [-0.1, -0.05) is 61.9 Å². The predicted octanol–water partition coefficient (Wildman–Crippen LogP) is 5.24. The molecule has 0 aliphatic heterocycles. The van der Waals surface area contributed by atoms with Crippen molar-refractivity contribution in [2.24, 2.45) is 0 Å². The highest BCUT2D eigenvalue weighted by Gasteiger charge is 2.40. The lowest BCUT2D eigenvalue weighted by Crippen LogP contribution is -2.22. The van der Waals surface area contributed by atoms with E-state index in [1.807, 2.05) is 77.1 Å². The third-order valence-corrected chi connectivity index (χ3v) is 8.04. The summed E-state index contributed by atoms with van der Waals surface area (Å²) in [5.74, 6) is 0. The van der Waals surface area contributed by atoms with Crippen LogP contribution in [-0.2, 0) is 4.57 Å². The zero-order chi connectivity index (χ0) is 17.2. The van der Waals surface area contributed by atoms with Crippen LogP contribution in [0.1, 0.15) is 47.3 Å². The van der Waals surface area contributed by atoms with Crippen LogP contribution in [0.15, 0.2) is 42.5 Å². The number of carbonyl (C=O) groups is 1. The van der Waals surface area contributed by atoms with Gasteiger partial charge >= 0.3 is 0 Å². The van der Waals surface area contributed by atoms with Crippen molar-refractivity contribution in [2.75, 3.05) is 0 Å². The molecule has 0 saturated heterocycles. The zero-order valence-electron chi connectivity index (χ0n) is 14.6. The van der Waals surface area contributed by atoms with Gasteiger partial charge in [-0.15, -0.1) is 0 Å². The first-order valence-corrected chi connectivity index (χ1v) is 9.88. The van der Waals surface area contributed by atoms with Crippen molar-refractivity contribution in [1.82, 2.24) is 0 Å². The van der Waals surface area contributed by atoms with Gasteiger partial charge < -0.3 is 4.57 Å². The lowest BCUT2D eigenvalue weighted by Gasteiger charge is -2.25. The van der Waals surface area contributed by atoms with E-state index in [2.05, 4.69) is 0 Å². The van der Waals surface area contributed by atoms with Gasteiger partial charge in [0.25, 0.3) is 0 Å². The summed E-state index contributed by atoms with van der Waals surface area (Å²) in [5.41, 5.74) is 3.20. The monoisotopic (exact) mass is 328 g/mol. The number of benzene rings is 2. The molecule has 23 heavy (non-hydrogen) atoms. The summed E-state index contributed by atoms with van der Waals surface area (Å²) in [7, 11) is -3.18. The smallest absolute Gasteiger partial charge is 0.226 e. The van der Waals surface area contributed by atoms with Crippen molar-refractivity contribution in [3.05, 3.63) is 64.7 Å². The van der Waals surface area contributed by atoms with Crippen molar-refractivity contribution in [3.8, 4) is 0 Å². The van der Waals surface area contributed by atoms with E-state index in [9.17, 15) is 9.36 Å². The van der Waals surface area contributed by atoms with E-state index in [1.165, 1.54) is 0 Å². The van der Waals surface area contributed by atoms with Crippen LogP contribution < -0.4 is 5.30 Å². The molecule has 0 radical (unpaired) electrons. The van der Waals surface area contributed by atoms with Crippen LogP contribution in [-0.4, -0.2) is 11.2 Å². The molecule has 2 aromatic carbocycles. The van der Waals surface area contributed by atoms with E-state index in [4.69, 9.17) is 0 Å². The standard InChI is InChI=1S/C20H25O2P/c1-6-17(5)23(22,18-10-8-7-9-11-18)20(21)19-15(3)12-14(2)13-16(19)4/h7-13,17H,6H2,1-5H3. The maximum Gasteiger partial charge on any atom is 0.226 e. The van der Waals surface area contributed by atoms with Crippen molar-refractivity contribution in [3.63, 3.8) is 0 Å². The number of hydrogen-bond acceptors (Lipinski definition) is 2. The van der Waals surface area contributed by atoms with Gasteiger partial charge in [0.1, 0.15) is 0 Å². The van der Waals surface area contributed by atoms with Gasteiger partial charge in [-0.05, 0) is 38.3 Å². The van der Waals surface area contributed by atoms with Gasteiger partial charge in [0, 0.05) is 16.5 Å². The molecule has 0 amide bonds. The third kappa shape index (κ3) is 3.19. The molecule has 0 bridgehead atoms. The van der Waals surface area contributed by atoms with Crippen molar-refractivity contribution >= 4 is 18.0 Å². The molecule has 0 fully saturated rings. The van der Waals surface area contributed by atoms with Crippen molar-refractivity contribution in [1.29, 1.82) is 0 Å². The van der Waals surface area contributed by atoms with Gasteiger partial charge in [0.2, 0.25) is 5.52 Å². The minimum Gasteiger partial charge on any atom is -0.310 e. The summed E-state index contributed by atoms with van der Waals surface area (Å²) >= 11 is 0. The fraction of sp³-hybridized carbons (Fsp3) is 0.350. The SMILES string of the molecule is CCC(C)P(=O)(C(=O)c1c(C)cc(C)cc1C)c1ccccc1. The Labute approximate surface area is 139 Å². The van der Waals surface area contributed by atoms with E-state index >= 15 is 0 Å². The van der Waals surface area contributed by atoms with E-state index in [1.54, 1.807) is 0 Å². The molecule has 0 aliphatic rings. The van der Waals surface area contributed by atoms with E-state index < -0.39 is 7.14 Å². The molecule has 2 nitrogen and oxygen atoms in total. The van der Waals surface area contributed by atoms with Crippen LogP contribution in [0.25, 0.3) is 0 Å². The Kier molecular flexibility index (Phi) is 5.26. The molecule has 122 valence electrons. The Morgan fingerprint density at radius 3 is 2.04 bits per heavy atom. The Morgan fingerprint density at radius 1 is 1.04 bits per heavy atom. The van der Waals surface area contributed by atoms with Gasteiger partial charge in [-0.3, -0.25) is 4.79 Å². The highest BCUT2D eigenvalue weighted by Crippen LogP contribution is 2.54.